The van der Waals surface area contributed by atoms with Crippen LogP contribution in [0.5, 0.6) is 11.5 Å². The largest absolute Gasteiger partial charge is 0.489 e. The van der Waals surface area contributed by atoms with Crippen molar-refractivity contribution < 1.29 is 23.9 Å². The molecule has 9 heteroatoms. The van der Waals surface area contributed by atoms with Gasteiger partial charge in [0, 0.05) is 21.2 Å². The lowest BCUT2D eigenvalue weighted by Crippen LogP contribution is -2.54. The van der Waals surface area contributed by atoms with E-state index in [0.29, 0.717) is 27.1 Å². The monoisotopic (exact) mass is 572 g/mol. The molecule has 0 saturated carbocycles. The number of fused-ring (bicyclic) bond motifs is 1. The summed E-state index contributed by atoms with van der Waals surface area (Å²) in [6.45, 7) is 4.11. The van der Waals surface area contributed by atoms with Crippen LogP contribution in [0, 0.1) is 0 Å². The Morgan fingerprint density at radius 2 is 1.68 bits per heavy atom. The smallest absolute Gasteiger partial charge is 0.335 e. The zero-order valence-corrected chi connectivity index (χ0v) is 22.5. The molecule has 7 nitrogen and oxygen atoms in total. The van der Waals surface area contributed by atoms with Gasteiger partial charge >= 0.3 is 6.03 Å². The number of hydrogen-bond acceptors (Lipinski definition) is 5. The summed E-state index contributed by atoms with van der Waals surface area (Å²) in [7, 11) is 0. The minimum Gasteiger partial charge on any atom is -0.489 e. The molecule has 1 aliphatic heterocycles. The molecule has 1 heterocycles. The highest BCUT2D eigenvalue weighted by atomic mass is 35.5. The Labute approximate surface area is 240 Å². The van der Waals surface area contributed by atoms with Crippen molar-refractivity contribution in [2.45, 2.75) is 6.61 Å². The zero-order chi connectivity index (χ0) is 28.2. The molecule has 0 bridgehead atoms. The first kappa shape index (κ1) is 27.0. The average molecular weight is 573 g/mol. The molecular weight excluding hydrogens is 551 g/mol. The fraction of sp³-hybridized carbons (Fsp3) is 0.0645. The molecule has 5 rings (SSSR count). The molecule has 0 aromatic heterocycles. The van der Waals surface area contributed by atoms with Gasteiger partial charge in [-0.2, -0.15) is 0 Å². The van der Waals surface area contributed by atoms with Crippen molar-refractivity contribution in [3.8, 4) is 11.5 Å². The zero-order valence-electron chi connectivity index (χ0n) is 21.0. The summed E-state index contributed by atoms with van der Waals surface area (Å²) in [6, 6.07) is 21.8. The van der Waals surface area contributed by atoms with Crippen LogP contribution in [-0.4, -0.2) is 24.5 Å². The van der Waals surface area contributed by atoms with E-state index in [1.165, 1.54) is 6.08 Å². The molecule has 4 aromatic rings. The molecule has 1 saturated heterocycles. The Hall–Kier alpha value is -4.59. The van der Waals surface area contributed by atoms with Gasteiger partial charge in [-0.3, -0.25) is 14.9 Å². The second-order valence-corrected chi connectivity index (χ2v) is 9.62. The summed E-state index contributed by atoms with van der Waals surface area (Å²) < 4.78 is 11.6. The van der Waals surface area contributed by atoms with Crippen LogP contribution in [0.3, 0.4) is 0 Å². The van der Waals surface area contributed by atoms with Crippen LogP contribution >= 0.6 is 23.2 Å². The minimum atomic E-state index is -0.852. The van der Waals surface area contributed by atoms with E-state index in [1.807, 2.05) is 30.3 Å². The first-order valence-corrected chi connectivity index (χ1v) is 12.9. The number of amides is 4. The third-order valence-electron chi connectivity index (χ3n) is 6.18. The van der Waals surface area contributed by atoms with Gasteiger partial charge in [-0.05, 0) is 59.3 Å². The standard InChI is InChI=1S/C31H22Cl2N2O5/c1-2-15-39-28-14-8-19-5-3-4-6-24(19)25(28)17-26-29(36)34-31(38)35(30(26)37)22-10-12-23(13-11-22)40-18-20-7-9-21(32)16-27(20)33/h2-14,16-17H,1,15,18H2,(H,34,36,38)/b26-17+. The number of carbonyl (C=O) groups excluding carboxylic acids is 3. The Balaban J connectivity index is 1.43. The molecule has 4 aromatic carbocycles. The number of nitrogens with one attached hydrogen (secondary N) is 1. The Kier molecular flexibility index (Phi) is 7.86. The van der Waals surface area contributed by atoms with Gasteiger partial charge in [-0.1, -0.05) is 72.3 Å². The number of imide groups is 2. The SMILES string of the molecule is C=CCOc1ccc2ccccc2c1/C=C1\C(=O)NC(=O)N(c2ccc(OCc3ccc(Cl)cc3Cl)cc2)C1=O. The highest BCUT2D eigenvalue weighted by molar-refractivity contribution is 6.39. The molecule has 0 aliphatic carbocycles. The summed E-state index contributed by atoms with van der Waals surface area (Å²) in [5, 5.41) is 4.94. The topological polar surface area (TPSA) is 84.9 Å². The van der Waals surface area contributed by atoms with E-state index < -0.39 is 17.8 Å². The number of hydrogen-bond donors (Lipinski definition) is 1. The first-order valence-electron chi connectivity index (χ1n) is 12.2. The fourth-order valence-electron chi connectivity index (χ4n) is 4.23. The summed E-state index contributed by atoms with van der Waals surface area (Å²) in [5.41, 5.74) is 1.34. The van der Waals surface area contributed by atoms with Crippen molar-refractivity contribution in [3.05, 3.63) is 118 Å². The summed E-state index contributed by atoms with van der Waals surface area (Å²) in [5.74, 6) is -0.602. The van der Waals surface area contributed by atoms with Crippen molar-refractivity contribution in [1.82, 2.24) is 5.32 Å². The lowest BCUT2D eigenvalue weighted by Gasteiger charge is -2.26. The first-order chi connectivity index (χ1) is 19.4. The minimum absolute atomic E-state index is 0.196. The van der Waals surface area contributed by atoms with Gasteiger partial charge in [0.15, 0.2) is 0 Å². The van der Waals surface area contributed by atoms with Crippen LogP contribution in [-0.2, 0) is 16.2 Å². The van der Waals surface area contributed by atoms with E-state index in [-0.39, 0.29) is 24.5 Å². The van der Waals surface area contributed by atoms with Gasteiger partial charge < -0.3 is 9.47 Å². The normalized spacial score (nSPS) is 14.4. The molecule has 0 unspecified atom stereocenters. The number of barbiturate groups is 1. The maximum absolute atomic E-state index is 13.5. The quantitative estimate of drug-likeness (QED) is 0.140. The predicted octanol–water partition coefficient (Wildman–Crippen LogP) is 6.96. The molecule has 200 valence electrons. The van der Waals surface area contributed by atoms with E-state index in [4.69, 9.17) is 32.7 Å². The van der Waals surface area contributed by atoms with Gasteiger partial charge in [-0.15, -0.1) is 0 Å². The van der Waals surface area contributed by atoms with Crippen LogP contribution in [0.25, 0.3) is 16.8 Å². The second kappa shape index (κ2) is 11.7. The Bertz CT molecular complexity index is 1680. The van der Waals surface area contributed by atoms with E-state index in [1.54, 1.807) is 54.6 Å². The van der Waals surface area contributed by atoms with Gasteiger partial charge in [0.25, 0.3) is 11.8 Å². The van der Waals surface area contributed by atoms with Crippen molar-refractivity contribution >= 4 is 63.6 Å². The van der Waals surface area contributed by atoms with E-state index in [9.17, 15) is 14.4 Å². The molecule has 1 N–H and O–H groups in total. The van der Waals surface area contributed by atoms with Gasteiger partial charge in [0.2, 0.25) is 0 Å². The van der Waals surface area contributed by atoms with Crippen LogP contribution in [0.2, 0.25) is 10.0 Å². The number of urea groups is 1. The van der Waals surface area contributed by atoms with Crippen LogP contribution in [0.15, 0.2) is 97.1 Å². The number of benzene rings is 4. The van der Waals surface area contributed by atoms with E-state index in [2.05, 4.69) is 11.9 Å². The maximum Gasteiger partial charge on any atom is 0.335 e. The van der Waals surface area contributed by atoms with Gasteiger partial charge in [0.1, 0.15) is 30.3 Å². The fourth-order valence-corrected chi connectivity index (χ4v) is 4.69. The summed E-state index contributed by atoms with van der Waals surface area (Å²) >= 11 is 12.1. The molecule has 0 atom stereocenters. The average Bonchev–Trinajstić information content (AvgIpc) is 2.94. The number of rotatable bonds is 8. The van der Waals surface area contributed by atoms with Crippen molar-refractivity contribution in [1.29, 1.82) is 0 Å². The molecule has 1 aliphatic rings. The van der Waals surface area contributed by atoms with Crippen LogP contribution < -0.4 is 19.7 Å². The molecule has 4 amide bonds. The lowest BCUT2D eigenvalue weighted by molar-refractivity contribution is -0.122. The van der Waals surface area contributed by atoms with Crippen molar-refractivity contribution in [2.24, 2.45) is 0 Å². The molecule has 0 spiro atoms. The van der Waals surface area contributed by atoms with Crippen LogP contribution in [0.4, 0.5) is 10.5 Å². The number of ether oxygens (including phenoxy) is 2. The number of nitrogens with zero attached hydrogens (tertiary/aromatic N) is 1. The molecular formula is C31H22Cl2N2O5. The predicted molar refractivity (Wildman–Crippen MR) is 156 cm³/mol. The van der Waals surface area contributed by atoms with E-state index in [0.717, 1.165) is 21.2 Å². The van der Waals surface area contributed by atoms with Gasteiger partial charge in [0.05, 0.1) is 5.69 Å². The highest BCUT2D eigenvalue weighted by Gasteiger charge is 2.37. The Morgan fingerprint density at radius 1 is 0.900 bits per heavy atom. The number of anilines is 1. The Morgan fingerprint density at radius 3 is 2.42 bits per heavy atom. The van der Waals surface area contributed by atoms with Crippen molar-refractivity contribution in [3.63, 3.8) is 0 Å². The van der Waals surface area contributed by atoms with E-state index >= 15 is 0 Å². The maximum atomic E-state index is 13.5. The number of halogens is 2. The number of carbonyl (C=O) groups is 3. The second-order valence-electron chi connectivity index (χ2n) is 8.77. The lowest BCUT2D eigenvalue weighted by atomic mass is 9.99. The third-order valence-corrected chi connectivity index (χ3v) is 6.77. The molecule has 1 fully saturated rings. The van der Waals surface area contributed by atoms with Crippen molar-refractivity contribution in [2.75, 3.05) is 11.5 Å². The molecule has 40 heavy (non-hydrogen) atoms. The van der Waals surface area contributed by atoms with Crippen LogP contribution in [0.1, 0.15) is 11.1 Å². The van der Waals surface area contributed by atoms with Gasteiger partial charge in [-0.25, -0.2) is 9.69 Å². The molecule has 0 radical (unpaired) electrons. The summed E-state index contributed by atoms with van der Waals surface area (Å²) in [4.78, 5) is 40.0. The highest BCUT2D eigenvalue weighted by Crippen LogP contribution is 2.32. The summed E-state index contributed by atoms with van der Waals surface area (Å²) in [6.07, 6.45) is 3.05. The third kappa shape index (κ3) is 5.57.